The number of nitrogens with zero attached hydrogens (tertiary/aromatic N) is 3. The topological polar surface area (TPSA) is 64.8 Å². The van der Waals surface area contributed by atoms with Crippen molar-refractivity contribution >= 4 is 19.7 Å². The van der Waals surface area contributed by atoms with Crippen LogP contribution in [0.2, 0.25) is 0 Å². The lowest BCUT2D eigenvalue weighted by Gasteiger charge is -2.21. The quantitative estimate of drug-likeness (QED) is 0.804. The van der Waals surface area contributed by atoms with Gasteiger partial charge in [0.15, 0.2) is 0 Å². The van der Waals surface area contributed by atoms with Crippen LogP contribution in [0.4, 0.5) is 0 Å². The molecular formula is C12H16ClN3O2S. The second-order valence-electron chi connectivity index (χ2n) is 6.16. The Balaban J connectivity index is 1.78. The Morgan fingerprint density at radius 1 is 1.11 bits per heavy atom. The molecule has 0 N–H and O–H groups in total. The fourth-order valence-electron chi connectivity index (χ4n) is 3.94. The minimum absolute atomic E-state index is 0.0468. The van der Waals surface area contributed by atoms with Crippen molar-refractivity contribution in [3.63, 3.8) is 0 Å². The molecule has 3 unspecified atom stereocenters. The lowest BCUT2D eigenvalue weighted by atomic mass is 9.88. The van der Waals surface area contributed by atoms with Crippen LogP contribution in [0.1, 0.15) is 56.3 Å². The second-order valence-corrected chi connectivity index (χ2v) is 8.62. The van der Waals surface area contributed by atoms with Crippen molar-refractivity contribution in [1.29, 1.82) is 0 Å². The van der Waals surface area contributed by atoms with E-state index in [2.05, 4.69) is 10.2 Å². The van der Waals surface area contributed by atoms with Gasteiger partial charge in [0, 0.05) is 22.6 Å². The maximum atomic E-state index is 11.6. The molecule has 4 rings (SSSR count). The highest BCUT2D eigenvalue weighted by Crippen LogP contribution is 2.53. The van der Waals surface area contributed by atoms with E-state index in [0.717, 1.165) is 31.0 Å². The fourth-order valence-corrected chi connectivity index (χ4v) is 4.88. The molecule has 0 spiro atoms. The van der Waals surface area contributed by atoms with Crippen molar-refractivity contribution in [2.75, 3.05) is 0 Å². The molecule has 0 aromatic carbocycles. The number of halogens is 1. The first-order chi connectivity index (χ1) is 9.04. The summed E-state index contributed by atoms with van der Waals surface area (Å²) < 4.78 is 25.0. The van der Waals surface area contributed by atoms with E-state index in [-0.39, 0.29) is 11.2 Å². The first kappa shape index (κ1) is 12.1. The zero-order valence-electron chi connectivity index (χ0n) is 10.5. The van der Waals surface area contributed by atoms with Gasteiger partial charge in [-0.1, -0.05) is 6.42 Å². The van der Waals surface area contributed by atoms with Gasteiger partial charge >= 0.3 is 0 Å². The molecule has 19 heavy (non-hydrogen) atoms. The van der Waals surface area contributed by atoms with Crippen molar-refractivity contribution in [2.24, 2.45) is 11.8 Å². The SMILES string of the molecule is O=S(=O)(Cl)c1nnc(C2CC3CCC2C3)n1C1CC1. The molecule has 7 heteroatoms. The van der Waals surface area contributed by atoms with Gasteiger partial charge in [-0.15, -0.1) is 10.2 Å². The summed E-state index contributed by atoms with van der Waals surface area (Å²) in [7, 11) is 1.68. The highest BCUT2D eigenvalue weighted by molar-refractivity contribution is 8.13. The van der Waals surface area contributed by atoms with Crippen molar-refractivity contribution in [1.82, 2.24) is 14.8 Å². The van der Waals surface area contributed by atoms with Gasteiger partial charge in [-0.25, -0.2) is 8.42 Å². The van der Waals surface area contributed by atoms with Crippen LogP contribution in [0.5, 0.6) is 0 Å². The number of aromatic nitrogens is 3. The van der Waals surface area contributed by atoms with E-state index in [1.54, 1.807) is 0 Å². The van der Waals surface area contributed by atoms with E-state index in [9.17, 15) is 8.42 Å². The molecular weight excluding hydrogens is 286 g/mol. The Labute approximate surface area is 116 Å². The van der Waals surface area contributed by atoms with Gasteiger partial charge in [0.25, 0.3) is 14.2 Å². The first-order valence-electron chi connectivity index (χ1n) is 6.93. The Hall–Kier alpha value is -0.620. The summed E-state index contributed by atoms with van der Waals surface area (Å²) >= 11 is 0. The van der Waals surface area contributed by atoms with Crippen LogP contribution >= 0.6 is 10.7 Å². The highest BCUT2D eigenvalue weighted by Gasteiger charge is 2.45. The monoisotopic (exact) mass is 301 g/mol. The first-order valence-corrected chi connectivity index (χ1v) is 9.24. The highest BCUT2D eigenvalue weighted by atomic mass is 35.7. The van der Waals surface area contributed by atoms with Crippen molar-refractivity contribution < 1.29 is 8.42 Å². The standard InChI is InChI=1S/C12H16ClN3O2S/c13-19(17,18)12-15-14-11(16(12)9-3-4-9)10-6-7-1-2-8(10)5-7/h7-10H,1-6H2. The van der Waals surface area contributed by atoms with Gasteiger partial charge in [0.05, 0.1) is 0 Å². The Bertz CT molecular complexity index is 623. The van der Waals surface area contributed by atoms with Crippen LogP contribution in [0, 0.1) is 11.8 Å². The predicted molar refractivity (Wildman–Crippen MR) is 69.5 cm³/mol. The predicted octanol–water partition coefficient (Wildman–Crippen LogP) is 2.44. The van der Waals surface area contributed by atoms with Gasteiger partial charge in [-0.2, -0.15) is 0 Å². The Kier molecular flexibility index (Phi) is 2.52. The van der Waals surface area contributed by atoms with Gasteiger partial charge in [0.2, 0.25) is 0 Å². The maximum Gasteiger partial charge on any atom is 0.296 e. The molecule has 2 bridgehead atoms. The second kappa shape index (κ2) is 3.95. The smallest absolute Gasteiger partial charge is 0.296 e. The van der Waals surface area contributed by atoms with Crippen molar-refractivity contribution in [3.05, 3.63) is 5.82 Å². The third-order valence-corrected chi connectivity index (χ3v) is 6.02. The summed E-state index contributed by atoms with van der Waals surface area (Å²) in [5.74, 6) is 2.72. The largest absolute Gasteiger partial charge is 0.297 e. The van der Waals surface area contributed by atoms with E-state index >= 15 is 0 Å². The van der Waals surface area contributed by atoms with Crippen LogP contribution in [-0.2, 0) is 9.05 Å². The molecule has 3 fully saturated rings. The number of rotatable bonds is 3. The maximum absolute atomic E-state index is 11.6. The summed E-state index contributed by atoms with van der Waals surface area (Å²) in [5.41, 5.74) is 0. The third-order valence-electron chi connectivity index (χ3n) is 4.89. The third kappa shape index (κ3) is 1.91. The van der Waals surface area contributed by atoms with Gasteiger partial charge < -0.3 is 0 Å². The molecule has 3 aliphatic rings. The minimum atomic E-state index is -3.80. The molecule has 1 aromatic rings. The van der Waals surface area contributed by atoms with Crippen LogP contribution < -0.4 is 0 Å². The van der Waals surface area contributed by atoms with E-state index < -0.39 is 9.05 Å². The summed E-state index contributed by atoms with van der Waals surface area (Å²) in [6.45, 7) is 0. The molecule has 5 nitrogen and oxygen atoms in total. The van der Waals surface area contributed by atoms with Gasteiger partial charge in [-0.05, 0) is 43.9 Å². The van der Waals surface area contributed by atoms with Crippen LogP contribution in [-0.4, -0.2) is 23.2 Å². The van der Waals surface area contributed by atoms with Gasteiger partial charge in [-0.3, -0.25) is 4.57 Å². The summed E-state index contributed by atoms with van der Waals surface area (Å²) in [6, 6.07) is 0.243. The minimum Gasteiger partial charge on any atom is -0.297 e. The molecule has 1 heterocycles. The van der Waals surface area contributed by atoms with Crippen LogP contribution in [0.25, 0.3) is 0 Å². The summed E-state index contributed by atoms with van der Waals surface area (Å²) in [4.78, 5) is 0. The van der Waals surface area contributed by atoms with E-state index in [0.29, 0.717) is 11.8 Å². The lowest BCUT2D eigenvalue weighted by Crippen LogP contribution is -2.16. The molecule has 0 radical (unpaired) electrons. The van der Waals surface area contributed by atoms with Crippen LogP contribution in [0.3, 0.4) is 0 Å². The van der Waals surface area contributed by atoms with E-state index in [1.165, 1.54) is 19.3 Å². The number of hydrogen-bond donors (Lipinski definition) is 0. The van der Waals surface area contributed by atoms with Crippen molar-refractivity contribution in [2.45, 2.75) is 55.6 Å². The Morgan fingerprint density at radius 3 is 2.42 bits per heavy atom. The molecule has 1 aromatic heterocycles. The number of hydrogen-bond acceptors (Lipinski definition) is 4. The zero-order valence-corrected chi connectivity index (χ0v) is 12.1. The average molecular weight is 302 g/mol. The van der Waals surface area contributed by atoms with Crippen LogP contribution in [0.15, 0.2) is 5.16 Å². The molecule has 104 valence electrons. The molecule has 3 atom stereocenters. The summed E-state index contributed by atoms with van der Waals surface area (Å²) in [5, 5.41) is 8.02. The number of fused-ring (bicyclic) bond motifs is 2. The van der Waals surface area contributed by atoms with Crippen molar-refractivity contribution in [3.8, 4) is 0 Å². The van der Waals surface area contributed by atoms with Gasteiger partial charge in [0.1, 0.15) is 5.82 Å². The molecule has 0 amide bonds. The average Bonchev–Trinajstić information content (AvgIpc) is 2.80. The molecule has 3 aliphatic carbocycles. The molecule has 3 saturated carbocycles. The lowest BCUT2D eigenvalue weighted by molar-refractivity contribution is 0.389. The fraction of sp³-hybridized carbons (Fsp3) is 0.833. The van der Waals surface area contributed by atoms with E-state index in [1.807, 2.05) is 4.57 Å². The summed E-state index contributed by atoms with van der Waals surface area (Å²) in [6.07, 6.45) is 6.98. The van der Waals surface area contributed by atoms with E-state index in [4.69, 9.17) is 10.7 Å². The Morgan fingerprint density at radius 2 is 1.89 bits per heavy atom. The molecule has 0 aliphatic heterocycles. The molecule has 0 saturated heterocycles. The zero-order chi connectivity index (χ0) is 13.2. The normalized spacial score (nSPS) is 34.1.